The summed E-state index contributed by atoms with van der Waals surface area (Å²) in [6.45, 7) is 11.2. The van der Waals surface area contributed by atoms with Crippen LogP contribution >= 0.6 is 0 Å². The van der Waals surface area contributed by atoms with Gasteiger partial charge < -0.3 is 10.6 Å². The van der Waals surface area contributed by atoms with Crippen LogP contribution in [0.1, 0.15) is 6.92 Å². The van der Waals surface area contributed by atoms with E-state index < -0.39 is 0 Å². The SMILES string of the molecule is C=CCN1CC(C)CN(C)C(CN)C1. The maximum atomic E-state index is 5.77. The molecule has 1 rings (SSSR count). The van der Waals surface area contributed by atoms with Crippen molar-refractivity contribution < 1.29 is 0 Å². The molecule has 0 aromatic heterocycles. The van der Waals surface area contributed by atoms with Gasteiger partial charge in [-0.25, -0.2) is 0 Å². The quantitative estimate of drug-likeness (QED) is 0.664. The van der Waals surface area contributed by atoms with Crippen molar-refractivity contribution in [3.63, 3.8) is 0 Å². The van der Waals surface area contributed by atoms with Crippen molar-refractivity contribution in [2.75, 3.05) is 39.8 Å². The standard InChI is InChI=1S/C11H23N3/c1-4-5-14-8-10(2)7-13(3)11(6-12)9-14/h4,10-11H,1,5-9,12H2,2-3H3. The van der Waals surface area contributed by atoms with Gasteiger partial charge in [0.25, 0.3) is 0 Å². The van der Waals surface area contributed by atoms with E-state index in [4.69, 9.17) is 5.73 Å². The summed E-state index contributed by atoms with van der Waals surface area (Å²) in [5, 5.41) is 0. The minimum atomic E-state index is 0.500. The maximum absolute atomic E-state index is 5.77. The average Bonchev–Trinajstić information content (AvgIpc) is 2.25. The number of hydrogen-bond acceptors (Lipinski definition) is 3. The number of nitrogens with two attached hydrogens (primary N) is 1. The zero-order valence-electron chi connectivity index (χ0n) is 9.45. The van der Waals surface area contributed by atoms with Gasteiger partial charge in [-0.2, -0.15) is 0 Å². The van der Waals surface area contributed by atoms with Crippen molar-refractivity contribution in [1.82, 2.24) is 9.80 Å². The molecule has 1 aliphatic heterocycles. The second-order valence-corrected chi connectivity index (χ2v) is 4.44. The molecule has 0 aromatic rings. The van der Waals surface area contributed by atoms with Crippen LogP contribution < -0.4 is 5.73 Å². The predicted molar refractivity (Wildman–Crippen MR) is 61.3 cm³/mol. The van der Waals surface area contributed by atoms with Gasteiger partial charge in [0.1, 0.15) is 0 Å². The molecule has 1 fully saturated rings. The van der Waals surface area contributed by atoms with Gasteiger partial charge in [0.15, 0.2) is 0 Å². The highest BCUT2D eigenvalue weighted by Gasteiger charge is 2.23. The van der Waals surface area contributed by atoms with Crippen LogP contribution in [-0.2, 0) is 0 Å². The van der Waals surface area contributed by atoms with Crippen LogP contribution in [-0.4, -0.2) is 55.6 Å². The Morgan fingerprint density at radius 2 is 2.14 bits per heavy atom. The molecule has 0 radical (unpaired) electrons. The van der Waals surface area contributed by atoms with E-state index in [1.807, 2.05) is 6.08 Å². The van der Waals surface area contributed by atoms with Crippen LogP contribution in [0.15, 0.2) is 12.7 Å². The monoisotopic (exact) mass is 197 g/mol. The molecule has 14 heavy (non-hydrogen) atoms. The fourth-order valence-corrected chi connectivity index (χ4v) is 2.24. The largest absolute Gasteiger partial charge is 0.329 e. The van der Waals surface area contributed by atoms with Gasteiger partial charge in [-0.15, -0.1) is 6.58 Å². The van der Waals surface area contributed by atoms with Gasteiger partial charge in [-0.3, -0.25) is 4.90 Å². The summed E-state index contributed by atoms with van der Waals surface area (Å²) >= 11 is 0. The summed E-state index contributed by atoms with van der Waals surface area (Å²) in [4.78, 5) is 4.83. The molecule has 0 aliphatic carbocycles. The molecule has 3 nitrogen and oxygen atoms in total. The molecule has 1 aliphatic rings. The summed E-state index contributed by atoms with van der Waals surface area (Å²) in [5.41, 5.74) is 5.77. The van der Waals surface area contributed by atoms with Crippen molar-refractivity contribution in [2.24, 2.45) is 11.7 Å². The van der Waals surface area contributed by atoms with Gasteiger partial charge in [0.2, 0.25) is 0 Å². The molecule has 0 saturated carbocycles. The van der Waals surface area contributed by atoms with E-state index in [9.17, 15) is 0 Å². The van der Waals surface area contributed by atoms with Crippen LogP contribution in [0.4, 0.5) is 0 Å². The second kappa shape index (κ2) is 5.49. The first-order valence-corrected chi connectivity index (χ1v) is 5.41. The topological polar surface area (TPSA) is 32.5 Å². The van der Waals surface area contributed by atoms with E-state index in [-0.39, 0.29) is 0 Å². The molecule has 2 N–H and O–H groups in total. The lowest BCUT2D eigenvalue weighted by atomic mass is 10.1. The van der Waals surface area contributed by atoms with E-state index in [1.54, 1.807) is 0 Å². The summed E-state index contributed by atoms with van der Waals surface area (Å²) in [6, 6.07) is 0.500. The van der Waals surface area contributed by atoms with Crippen molar-refractivity contribution in [3.05, 3.63) is 12.7 Å². The highest BCUT2D eigenvalue weighted by molar-refractivity contribution is 4.84. The third-order valence-electron chi connectivity index (χ3n) is 2.92. The van der Waals surface area contributed by atoms with Gasteiger partial charge in [0.05, 0.1) is 0 Å². The lowest BCUT2D eigenvalue weighted by Crippen LogP contribution is -2.43. The Morgan fingerprint density at radius 3 is 2.71 bits per heavy atom. The Hall–Kier alpha value is -0.380. The lowest BCUT2D eigenvalue weighted by molar-refractivity contribution is 0.221. The van der Waals surface area contributed by atoms with Crippen LogP contribution in [0.2, 0.25) is 0 Å². The molecule has 0 amide bonds. The van der Waals surface area contributed by atoms with Crippen molar-refractivity contribution in [1.29, 1.82) is 0 Å². The fourth-order valence-electron chi connectivity index (χ4n) is 2.24. The first kappa shape index (κ1) is 11.7. The van der Waals surface area contributed by atoms with E-state index in [0.29, 0.717) is 6.04 Å². The summed E-state index contributed by atoms with van der Waals surface area (Å²) < 4.78 is 0. The minimum Gasteiger partial charge on any atom is -0.329 e. The Labute approximate surface area is 87.6 Å². The Kier molecular flexibility index (Phi) is 4.58. The molecular formula is C11H23N3. The lowest BCUT2D eigenvalue weighted by Gasteiger charge is -2.27. The predicted octanol–water partition coefficient (Wildman–Crippen LogP) is 0.383. The van der Waals surface area contributed by atoms with Gasteiger partial charge in [0, 0.05) is 38.8 Å². The van der Waals surface area contributed by atoms with Gasteiger partial charge in [-0.05, 0) is 13.0 Å². The molecular weight excluding hydrogens is 174 g/mol. The van der Waals surface area contributed by atoms with Gasteiger partial charge >= 0.3 is 0 Å². The average molecular weight is 197 g/mol. The Balaban J connectivity index is 2.59. The Bertz CT molecular complexity index is 181. The molecule has 0 spiro atoms. The molecule has 1 saturated heterocycles. The van der Waals surface area contributed by atoms with E-state index in [0.717, 1.165) is 38.6 Å². The zero-order chi connectivity index (χ0) is 10.6. The van der Waals surface area contributed by atoms with Crippen molar-refractivity contribution in [2.45, 2.75) is 13.0 Å². The molecule has 82 valence electrons. The van der Waals surface area contributed by atoms with Crippen molar-refractivity contribution >= 4 is 0 Å². The number of nitrogens with zero attached hydrogens (tertiary/aromatic N) is 2. The normalized spacial score (nSPS) is 31.4. The highest BCUT2D eigenvalue weighted by Crippen LogP contribution is 2.11. The first-order chi connectivity index (χ1) is 6.67. The van der Waals surface area contributed by atoms with Crippen molar-refractivity contribution in [3.8, 4) is 0 Å². The number of hydrogen-bond donors (Lipinski definition) is 1. The minimum absolute atomic E-state index is 0.500. The molecule has 0 bridgehead atoms. The van der Waals surface area contributed by atoms with E-state index in [1.165, 1.54) is 0 Å². The van der Waals surface area contributed by atoms with Crippen LogP contribution in [0.5, 0.6) is 0 Å². The van der Waals surface area contributed by atoms with Crippen LogP contribution in [0.3, 0.4) is 0 Å². The number of likely N-dealkylation sites (N-methyl/N-ethyl adjacent to an activating group) is 1. The van der Waals surface area contributed by atoms with Crippen LogP contribution in [0.25, 0.3) is 0 Å². The zero-order valence-corrected chi connectivity index (χ0v) is 9.45. The molecule has 0 aromatic carbocycles. The summed E-state index contributed by atoms with van der Waals surface area (Å²) in [7, 11) is 2.17. The highest BCUT2D eigenvalue weighted by atomic mass is 15.2. The van der Waals surface area contributed by atoms with E-state index in [2.05, 4.69) is 30.4 Å². The molecule has 1 heterocycles. The fraction of sp³-hybridized carbons (Fsp3) is 0.818. The van der Waals surface area contributed by atoms with Crippen LogP contribution in [0, 0.1) is 5.92 Å². The Morgan fingerprint density at radius 1 is 1.43 bits per heavy atom. The summed E-state index contributed by atoms with van der Waals surface area (Å²) in [6.07, 6.45) is 1.98. The summed E-state index contributed by atoms with van der Waals surface area (Å²) in [5.74, 6) is 0.719. The first-order valence-electron chi connectivity index (χ1n) is 5.41. The van der Waals surface area contributed by atoms with E-state index >= 15 is 0 Å². The van der Waals surface area contributed by atoms with Gasteiger partial charge in [-0.1, -0.05) is 13.0 Å². The smallest absolute Gasteiger partial charge is 0.0342 e. The molecule has 2 atom stereocenters. The molecule has 2 unspecified atom stereocenters. The third-order valence-corrected chi connectivity index (χ3v) is 2.92. The third kappa shape index (κ3) is 3.08. The molecule has 3 heteroatoms. The second-order valence-electron chi connectivity index (χ2n) is 4.44. The maximum Gasteiger partial charge on any atom is 0.0342 e. The number of rotatable bonds is 3.